The lowest BCUT2D eigenvalue weighted by atomic mass is 10.2. The summed E-state index contributed by atoms with van der Waals surface area (Å²) in [7, 11) is 0. The van der Waals surface area contributed by atoms with Crippen molar-refractivity contribution >= 4 is 23.7 Å². The fraction of sp³-hybridized carbons (Fsp3) is 0.286. The van der Waals surface area contributed by atoms with Crippen molar-refractivity contribution in [2.24, 2.45) is 5.10 Å². The van der Waals surface area contributed by atoms with Crippen LogP contribution in [0, 0.1) is 0 Å². The van der Waals surface area contributed by atoms with Crippen molar-refractivity contribution in [2.45, 2.75) is 26.7 Å². The summed E-state index contributed by atoms with van der Waals surface area (Å²) in [6.07, 6.45) is 2.05. The number of rotatable bonds is 10. The number of para-hydroxylation sites is 1. The smallest absolute Gasteiger partial charge is 0.249 e. The van der Waals surface area contributed by atoms with Crippen molar-refractivity contribution in [3.63, 3.8) is 0 Å². The van der Waals surface area contributed by atoms with Crippen LogP contribution in [0.25, 0.3) is 0 Å². The fourth-order valence-electron chi connectivity index (χ4n) is 2.30. The molecule has 0 aliphatic carbocycles. The number of nitrogens with one attached hydrogen (secondary N) is 2. The molecule has 2 aromatic rings. The summed E-state index contributed by atoms with van der Waals surface area (Å²) >= 11 is 0. The van der Waals surface area contributed by atoms with E-state index < -0.39 is 11.8 Å². The first-order valence-corrected chi connectivity index (χ1v) is 9.18. The Labute approximate surface area is 164 Å². The molecular weight excluding hydrogens is 358 g/mol. The standard InChI is InChI=1S/C21H25N3O4/c1-3-13-28-19-8-6-5-7-16(19)15-22-24-21(26)14-20(25)23-17-9-11-18(12-10-17)27-4-2/h5-12,15H,3-4,13-14H2,1-2H3,(H,23,25)(H,24,26). The van der Waals surface area contributed by atoms with Crippen LogP contribution < -0.4 is 20.2 Å². The second-order valence-corrected chi connectivity index (χ2v) is 5.86. The summed E-state index contributed by atoms with van der Waals surface area (Å²) in [5, 5.41) is 6.56. The third kappa shape index (κ3) is 7.11. The van der Waals surface area contributed by atoms with E-state index >= 15 is 0 Å². The molecule has 7 heteroatoms. The van der Waals surface area contributed by atoms with Gasteiger partial charge in [-0.15, -0.1) is 0 Å². The number of hydrazone groups is 1. The number of ether oxygens (including phenoxy) is 2. The van der Waals surface area contributed by atoms with Gasteiger partial charge in [0.05, 0.1) is 19.4 Å². The molecule has 0 atom stereocenters. The van der Waals surface area contributed by atoms with Crippen LogP contribution in [0.15, 0.2) is 53.6 Å². The first-order chi connectivity index (χ1) is 13.6. The van der Waals surface area contributed by atoms with Gasteiger partial charge in [0, 0.05) is 11.3 Å². The van der Waals surface area contributed by atoms with E-state index in [1.165, 1.54) is 6.21 Å². The molecule has 28 heavy (non-hydrogen) atoms. The van der Waals surface area contributed by atoms with E-state index in [-0.39, 0.29) is 6.42 Å². The number of hydrogen-bond acceptors (Lipinski definition) is 5. The SMILES string of the molecule is CCCOc1ccccc1C=NNC(=O)CC(=O)Nc1ccc(OCC)cc1. The van der Waals surface area contributed by atoms with Gasteiger partial charge in [-0.05, 0) is 49.7 Å². The Balaban J connectivity index is 1.82. The van der Waals surface area contributed by atoms with Gasteiger partial charge in [-0.25, -0.2) is 5.43 Å². The van der Waals surface area contributed by atoms with E-state index in [1.807, 2.05) is 38.1 Å². The zero-order chi connectivity index (χ0) is 20.2. The summed E-state index contributed by atoms with van der Waals surface area (Å²) in [5.41, 5.74) is 3.69. The lowest BCUT2D eigenvalue weighted by Crippen LogP contribution is -2.24. The minimum absolute atomic E-state index is 0.335. The van der Waals surface area contributed by atoms with Crippen molar-refractivity contribution < 1.29 is 19.1 Å². The number of benzene rings is 2. The molecule has 0 fully saturated rings. The molecule has 0 aromatic heterocycles. The Hall–Kier alpha value is -3.35. The van der Waals surface area contributed by atoms with Crippen LogP contribution in [0.5, 0.6) is 11.5 Å². The predicted octanol–water partition coefficient (Wildman–Crippen LogP) is 3.35. The van der Waals surface area contributed by atoms with Crippen LogP contribution in [0.3, 0.4) is 0 Å². The highest BCUT2D eigenvalue weighted by molar-refractivity contribution is 6.03. The minimum Gasteiger partial charge on any atom is -0.494 e. The Morgan fingerprint density at radius 1 is 1.00 bits per heavy atom. The van der Waals surface area contributed by atoms with Gasteiger partial charge < -0.3 is 14.8 Å². The average molecular weight is 383 g/mol. The van der Waals surface area contributed by atoms with Crippen molar-refractivity contribution in [1.82, 2.24) is 5.43 Å². The van der Waals surface area contributed by atoms with Gasteiger partial charge in [-0.3, -0.25) is 9.59 Å². The van der Waals surface area contributed by atoms with Crippen molar-refractivity contribution in [3.8, 4) is 11.5 Å². The number of anilines is 1. The second kappa shape index (κ2) is 11.4. The molecule has 0 bridgehead atoms. The predicted molar refractivity (Wildman–Crippen MR) is 109 cm³/mol. The lowest BCUT2D eigenvalue weighted by Gasteiger charge is -2.07. The van der Waals surface area contributed by atoms with Gasteiger partial charge in [0.1, 0.15) is 17.9 Å². The highest BCUT2D eigenvalue weighted by Gasteiger charge is 2.09. The van der Waals surface area contributed by atoms with E-state index in [4.69, 9.17) is 9.47 Å². The Morgan fingerprint density at radius 3 is 2.46 bits per heavy atom. The fourth-order valence-corrected chi connectivity index (χ4v) is 2.30. The van der Waals surface area contributed by atoms with Crippen LogP contribution in [0.4, 0.5) is 5.69 Å². The third-order valence-electron chi connectivity index (χ3n) is 3.54. The molecule has 2 N–H and O–H groups in total. The van der Waals surface area contributed by atoms with Crippen LogP contribution in [-0.2, 0) is 9.59 Å². The molecular formula is C21H25N3O4. The van der Waals surface area contributed by atoms with Gasteiger partial charge in [0.2, 0.25) is 11.8 Å². The average Bonchev–Trinajstić information content (AvgIpc) is 2.69. The maximum atomic E-state index is 12.0. The topological polar surface area (TPSA) is 89.0 Å². The molecule has 0 aliphatic heterocycles. The van der Waals surface area contributed by atoms with E-state index in [1.54, 1.807) is 24.3 Å². The molecule has 0 unspecified atom stereocenters. The molecule has 0 aliphatic rings. The second-order valence-electron chi connectivity index (χ2n) is 5.86. The quantitative estimate of drug-likeness (QED) is 0.374. The summed E-state index contributed by atoms with van der Waals surface area (Å²) in [5.74, 6) is 0.474. The zero-order valence-corrected chi connectivity index (χ0v) is 16.1. The maximum Gasteiger partial charge on any atom is 0.249 e. The van der Waals surface area contributed by atoms with Crippen LogP contribution in [0.2, 0.25) is 0 Å². The van der Waals surface area contributed by atoms with E-state index in [9.17, 15) is 9.59 Å². The summed E-state index contributed by atoms with van der Waals surface area (Å²) in [6.45, 7) is 5.09. The van der Waals surface area contributed by atoms with Crippen molar-refractivity contribution in [2.75, 3.05) is 18.5 Å². The number of carbonyl (C=O) groups excluding carboxylic acids is 2. The van der Waals surface area contributed by atoms with Crippen LogP contribution >= 0.6 is 0 Å². The van der Waals surface area contributed by atoms with Crippen molar-refractivity contribution in [3.05, 3.63) is 54.1 Å². The minimum atomic E-state index is -0.508. The Morgan fingerprint density at radius 2 is 1.75 bits per heavy atom. The lowest BCUT2D eigenvalue weighted by molar-refractivity contribution is -0.126. The summed E-state index contributed by atoms with van der Waals surface area (Å²) in [6, 6.07) is 14.3. The van der Waals surface area contributed by atoms with E-state index in [2.05, 4.69) is 15.8 Å². The van der Waals surface area contributed by atoms with Gasteiger partial charge in [0.15, 0.2) is 0 Å². The molecule has 0 radical (unpaired) electrons. The molecule has 2 aromatic carbocycles. The number of carbonyl (C=O) groups is 2. The maximum absolute atomic E-state index is 12.0. The monoisotopic (exact) mass is 383 g/mol. The first-order valence-electron chi connectivity index (χ1n) is 9.18. The van der Waals surface area contributed by atoms with Gasteiger partial charge >= 0.3 is 0 Å². The number of amides is 2. The number of hydrogen-bond donors (Lipinski definition) is 2. The molecule has 148 valence electrons. The largest absolute Gasteiger partial charge is 0.494 e. The molecule has 7 nitrogen and oxygen atoms in total. The molecule has 0 saturated heterocycles. The molecule has 2 rings (SSSR count). The Kier molecular flexibility index (Phi) is 8.52. The van der Waals surface area contributed by atoms with Gasteiger partial charge in [-0.1, -0.05) is 19.1 Å². The number of nitrogens with zero attached hydrogens (tertiary/aromatic N) is 1. The van der Waals surface area contributed by atoms with E-state index in [0.717, 1.165) is 17.7 Å². The molecule has 2 amide bonds. The van der Waals surface area contributed by atoms with Gasteiger partial charge in [-0.2, -0.15) is 5.10 Å². The molecule has 0 spiro atoms. The Bertz CT molecular complexity index is 804. The van der Waals surface area contributed by atoms with Crippen LogP contribution in [-0.4, -0.2) is 31.2 Å². The first kappa shape index (κ1) is 21.0. The van der Waals surface area contributed by atoms with Crippen LogP contribution in [0.1, 0.15) is 32.3 Å². The molecule has 0 heterocycles. The van der Waals surface area contributed by atoms with Gasteiger partial charge in [0.25, 0.3) is 0 Å². The van der Waals surface area contributed by atoms with E-state index in [0.29, 0.717) is 24.7 Å². The normalized spacial score (nSPS) is 10.5. The zero-order valence-electron chi connectivity index (χ0n) is 16.1. The third-order valence-corrected chi connectivity index (χ3v) is 3.54. The summed E-state index contributed by atoms with van der Waals surface area (Å²) < 4.78 is 11.0. The highest BCUT2D eigenvalue weighted by Crippen LogP contribution is 2.16. The van der Waals surface area contributed by atoms with Crippen molar-refractivity contribution in [1.29, 1.82) is 0 Å². The highest BCUT2D eigenvalue weighted by atomic mass is 16.5. The molecule has 0 saturated carbocycles. The summed E-state index contributed by atoms with van der Waals surface area (Å²) in [4.78, 5) is 23.9.